The summed E-state index contributed by atoms with van der Waals surface area (Å²) in [6.07, 6.45) is 14.4. The van der Waals surface area contributed by atoms with Crippen molar-refractivity contribution < 1.29 is 38.4 Å². The van der Waals surface area contributed by atoms with Gasteiger partial charge in [-0.05, 0) is 19.8 Å². The summed E-state index contributed by atoms with van der Waals surface area (Å²) in [6.45, 7) is 7.19. The van der Waals surface area contributed by atoms with Crippen molar-refractivity contribution in [3.63, 3.8) is 0 Å². The van der Waals surface area contributed by atoms with Gasteiger partial charge in [0.1, 0.15) is 0 Å². The van der Waals surface area contributed by atoms with Crippen molar-refractivity contribution in [2.75, 3.05) is 27.2 Å². The van der Waals surface area contributed by atoms with Gasteiger partial charge in [0.2, 0.25) is 0 Å². The molecule has 128 valence electrons. The average Bonchev–Trinajstić information content (AvgIpc) is 2.31. The second kappa shape index (κ2) is 19.9. The van der Waals surface area contributed by atoms with Crippen LogP contribution in [-0.2, 0) is 0 Å². The lowest BCUT2D eigenvalue weighted by molar-refractivity contribution is -0.888. The maximum atomic E-state index is 2.34. The molecule has 20 heavy (non-hydrogen) atoms. The van der Waals surface area contributed by atoms with Gasteiger partial charge in [0.05, 0.1) is 27.2 Å². The van der Waals surface area contributed by atoms with Gasteiger partial charge in [-0.15, -0.1) is 0 Å². The van der Waals surface area contributed by atoms with Crippen LogP contribution >= 0.6 is 0 Å². The molecule has 4 heteroatoms. The first-order valence-corrected chi connectivity index (χ1v) is 7.94. The summed E-state index contributed by atoms with van der Waals surface area (Å²) < 4.78 is 1.19. The minimum absolute atomic E-state index is 0. The lowest BCUT2D eigenvalue weighted by atomic mass is 10.1. The Hall–Kier alpha value is 0.880. The van der Waals surface area contributed by atoms with E-state index in [1.165, 1.54) is 81.8 Å². The van der Waals surface area contributed by atoms with Gasteiger partial charge >= 0.3 is 0 Å². The standard InChI is InChI=1S/C16H36N.2BrH.H3N/c1-5-7-8-9-10-11-12-13-14-15-16-17(3,4)6-2;;;/h5-16H2,1-4H3;2*1H;1H3/q+1;;;/p-1. The van der Waals surface area contributed by atoms with Crippen LogP contribution in [0.2, 0.25) is 0 Å². The molecule has 0 aliphatic rings. The molecule has 0 rings (SSSR count). The molecule has 0 atom stereocenters. The quantitative estimate of drug-likeness (QED) is 0.323. The number of hydrogen-bond donors (Lipinski definition) is 1. The zero-order valence-electron chi connectivity index (χ0n) is 14.7. The van der Waals surface area contributed by atoms with Crippen LogP contribution in [0.15, 0.2) is 0 Å². The highest BCUT2D eigenvalue weighted by atomic mass is 79.9. The molecule has 0 aliphatic carbocycles. The predicted octanol–water partition coefficient (Wildman–Crippen LogP) is -0.612. The normalized spacial score (nSPS) is 10.2. The van der Waals surface area contributed by atoms with Crippen molar-refractivity contribution in [2.24, 2.45) is 0 Å². The van der Waals surface area contributed by atoms with Crippen molar-refractivity contribution in [2.45, 2.75) is 78.1 Å². The van der Waals surface area contributed by atoms with Crippen LogP contribution in [0.1, 0.15) is 78.1 Å². The zero-order chi connectivity index (χ0) is 13.0. The van der Waals surface area contributed by atoms with Gasteiger partial charge in [0.25, 0.3) is 0 Å². The molecule has 0 aromatic rings. The highest BCUT2D eigenvalue weighted by molar-refractivity contribution is 4.47. The highest BCUT2D eigenvalue weighted by Crippen LogP contribution is 2.11. The van der Waals surface area contributed by atoms with Crippen LogP contribution in [0, 0.1) is 0 Å². The largest absolute Gasteiger partial charge is 1.00 e. The summed E-state index contributed by atoms with van der Waals surface area (Å²) >= 11 is 0. The van der Waals surface area contributed by atoms with Gasteiger partial charge in [-0.25, -0.2) is 0 Å². The summed E-state index contributed by atoms with van der Waals surface area (Å²) in [5, 5.41) is 0. The molecule has 0 bridgehead atoms. The molecule has 4 N–H and O–H groups in total. The second-order valence-electron chi connectivity index (χ2n) is 6.16. The Morgan fingerprint density at radius 2 is 0.950 bits per heavy atom. The molecule has 0 unspecified atom stereocenters. The number of nitrogens with zero attached hydrogens (tertiary/aromatic N) is 1. The van der Waals surface area contributed by atoms with E-state index in [0.717, 1.165) is 0 Å². The Kier molecular flexibility index (Phi) is 28.8. The third kappa shape index (κ3) is 21.2. The second-order valence-corrected chi connectivity index (χ2v) is 6.16. The Bertz CT molecular complexity index is 165. The lowest BCUT2D eigenvalue weighted by Gasteiger charge is -2.28. The molecule has 0 radical (unpaired) electrons. The zero-order valence-corrected chi connectivity index (χ0v) is 17.9. The van der Waals surface area contributed by atoms with Gasteiger partial charge in [-0.2, -0.15) is 0 Å². The maximum absolute atomic E-state index is 2.34. The Labute approximate surface area is 149 Å². The maximum Gasteiger partial charge on any atom is 0.0782 e. The fourth-order valence-corrected chi connectivity index (χ4v) is 2.19. The molecule has 0 saturated heterocycles. The van der Waals surface area contributed by atoms with E-state index in [2.05, 4.69) is 27.9 Å². The van der Waals surface area contributed by atoms with Crippen LogP contribution in [0.4, 0.5) is 0 Å². The molecule has 0 heterocycles. The molecular formula is C16H40Br2N2. The summed E-state index contributed by atoms with van der Waals surface area (Å²) in [5.74, 6) is 0. The molecule has 0 spiro atoms. The van der Waals surface area contributed by atoms with E-state index in [-0.39, 0.29) is 40.1 Å². The minimum atomic E-state index is 0. The smallest absolute Gasteiger partial charge is 0.0782 e. The average molecular weight is 420 g/mol. The van der Waals surface area contributed by atoms with Crippen LogP contribution in [0.3, 0.4) is 0 Å². The molecule has 0 amide bonds. The third-order valence-electron chi connectivity index (χ3n) is 3.97. The first-order chi connectivity index (χ1) is 8.12. The van der Waals surface area contributed by atoms with E-state index in [0.29, 0.717) is 0 Å². The topological polar surface area (TPSA) is 36.5 Å². The van der Waals surface area contributed by atoms with E-state index >= 15 is 0 Å². The van der Waals surface area contributed by atoms with Gasteiger partial charge < -0.3 is 44.6 Å². The molecule has 0 aromatic heterocycles. The number of quaternary nitrogens is 2. The number of unbranched alkanes of at least 4 members (excludes halogenated alkanes) is 9. The van der Waals surface area contributed by atoms with E-state index < -0.39 is 0 Å². The first-order valence-electron chi connectivity index (χ1n) is 7.94. The Balaban J connectivity index is -0.000000427. The van der Waals surface area contributed by atoms with Crippen LogP contribution < -0.4 is 40.1 Å². The Morgan fingerprint density at radius 3 is 1.30 bits per heavy atom. The van der Waals surface area contributed by atoms with Gasteiger partial charge in [-0.3, -0.25) is 0 Å². The monoisotopic (exact) mass is 418 g/mol. The molecule has 0 aliphatic heterocycles. The van der Waals surface area contributed by atoms with Crippen molar-refractivity contribution in [3.8, 4) is 0 Å². The minimum Gasteiger partial charge on any atom is -1.00 e. The van der Waals surface area contributed by atoms with E-state index in [4.69, 9.17) is 0 Å². The van der Waals surface area contributed by atoms with Crippen LogP contribution in [0.25, 0.3) is 0 Å². The summed E-state index contributed by atoms with van der Waals surface area (Å²) in [5.41, 5.74) is 0. The van der Waals surface area contributed by atoms with Crippen molar-refractivity contribution in [3.05, 3.63) is 0 Å². The summed E-state index contributed by atoms with van der Waals surface area (Å²) in [7, 11) is 4.68. The SMILES string of the molecule is CCCCCCCCCCCC[N+](C)(C)CC.[Br-].[Br-].[NH4+]. The number of halogens is 2. The fourth-order valence-electron chi connectivity index (χ4n) is 2.19. The van der Waals surface area contributed by atoms with E-state index in [9.17, 15) is 0 Å². The number of rotatable bonds is 12. The first kappa shape index (κ1) is 29.0. The Morgan fingerprint density at radius 1 is 0.600 bits per heavy atom. The number of hydrogen-bond acceptors (Lipinski definition) is 0. The van der Waals surface area contributed by atoms with Gasteiger partial charge in [0, 0.05) is 0 Å². The highest BCUT2D eigenvalue weighted by Gasteiger charge is 2.09. The molecule has 0 fully saturated rings. The van der Waals surface area contributed by atoms with Crippen molar-refractivity contribution in [1.29, 1.82) is 0 Å². The third-order valence-corrected chi connectivity index (χ3v) is 3.97. The summed E-state index contributed by atoms with van der Waals surface area (Å²) in [4.78, 5) is 0. The van der Waals surface area contributed by atoms with Crippen LogP contribution in [-0.4, -0.2) is 31.7 Å². The van der Waals surface area contributed by atoms with E-state index in [1.807, 2.05) is 0 Å². The molecule has 2 nitrogen and oxygen atoms in total. The van der Waals surface area contributed by atoms with Crippen molar-refractivity contribution in [1.82, 2.24) is 6.15 Å². The predicted molar refractivity (Wildman–Crippen MR) is 85.3 cm³/mol. The summed E-state index contributed by atoms with van der Waals surface area (Å²) in [6, 6.07) is 0. The molecule has 0 aromatic carbocycles. The van der Waals surface area contributed by atoms with E-state index in [1.54, 1.807) is 0 Å². The van der Waals surface area contributed by atoms with Crippen molar-refractivity contribution >= 4 is 0 Å². The molecular weight excluding hydrogens is 380 g/mol. The van der Waals surface area contributed by atoms with Gasteiger partial charge in [-0.1, -0.05) is 58.3 Å². The lowest BCUT2D eigenvalue weighted by Crippen LogP contribution is -3.00. The fraction of sp³-hybridized carbons (Fsp3) is 1.00. The van der Waals surface area contributed by atoms with Gasteiger partial charge in [0.15, 0.2) is 0 Å². The van der Waals surface area contributed by atoms with Crippen LogP contribution in [0.5, 0.6) is 0 Å². The molecule has 0 saturated carbocycles.